The fourth-order valence-corrected chi connectivity index (χ4v) is 0. The van der Waals surface area contributed by atoms with E-state index < -0.39 is 0 Å². The maximum absolute atomic E-state index is 0. The van der Waals surface area contributed by atoms with Gasteiger partial charge in [-0.25, -0.2) is 0 Å². The van der Waals surface area contributed by atoms with Crippen molar-refractivity contribution in [1.82, 2.24) is 0 Å². The van der Waals surface area contributed by atoms with Crippen LogP contribution in [0.25, 0.3) is 0 Å². The average Bonchev–Trinajstić information content (AvgIpc) is 0. The summed E-state index contributed by atoms with van der Waals surface area (Å²) in [5, 5.41) is 0. The van der Waals surface area contributed by atoms with Gasteiger partial charge in [0.25, 0.3) is 0 Å². The van der Waals surface area contributed by atoms with Gasteiger partial charge in [-0.1, -0.05) is 7.43 Å². The Labute approximate surface area is 71.5 Å². The van der Waals surface area contributed by atoms with Crippen molar-refractivity contribution < 1.29 is 38.8 Å². The molecule has 0 nitrogen and oxygen atoms in total. The Kier molecular flexibility index (Phi) is 562. The van der Waals surface area contributed by atoms with Gasteiger partial charge in [0.1, 0.15) is 0 Å². The molecule has 0 aliphatic heterocycles. The van der Waals surface area contributed by atoms with Crippen LogP contribution in [0.1, 0.15) is 7.43 Å². The normalized spacial score (nSPS) is 0. The third-order valence-corrected chi connectivity index (χ3v) is 0. The van der Waals surface area contributed by atoms with E-state index in [1.807, 2.05) is 0 Å². The van der Waals surface area contributed by atoms with Crippen LogP contribution in [0.15, 0.2) is 0 Å². The van der Waals surface area contributed by atoms with Gasteiger partial charge >= 0.3 is 0 Å². The van der Waals surface area contributed by atoms with Crippen LogP contribution in [0.2, 0.25) is 0 Å². The van der Waals surface area contributed by atoms with Gasteiger partial charge < -0.3 is 0 Å². The van der Waals surface area contributed by atoms with Crippen LogP contribution in [-0.4, -0.2) is 25.8 Å². The summed E-state index contributed by atoms with van der Waals surface area (Å²) in [7, 11) is 0. The van der Waals surface area contributed by atoms with E-state index in [1.54, 1.807) is 0 Å². The van der Waals surface area contributed by atoms with E-state index >= 15 is 0 Å². The van der Waals surface area contributed by atoms with Crippen molar-refractivity contribution in [1.29, 1.82) is 0 Å². The largest absolute Gasteiger partial charge is 0.187 e. The third-order valence-electron chi connectivity index (χ3n) is 0. The van der Waals surface area contributed by atoms with E-state index in [4.69, 9.17) is 0 Å². The molecule has 4 heteroatoms. The van der Waals surface area contributed by atoms with Gasteiger partial charge in [0.15, 0.2) is 17.4 Å². The molecule has 0 aromatic heterocycles. The van der Waals surface area contributed by atoms with Gasteiger partial charge in [0.05, 0.1) is 0 Å². The van der Waals surface area contributed by atoms with Crippen LogP contribution in [-0.2, 0) is 38.8 Å². The fourth-order valence-electron chi connectivity index (χ4n) is 0. The Bertz CT molecular complexity index is 11.6. The Morgan fingerprint density at radius 3 is 1.00 bits per heavy atom. The summed E-state index contributed by atoms with van der Waals surface area (Å²) < 4.78 is 0. The van der Waals surface area contributed by atoms with Crippen LogP contribution >= 0.6 is 0 Å². The molecule has 0 saturated carbocycles. The topological polar surface area (TPSA) is 0 Å². The number of rotatable bonds is 0. The van der Waals surface area contributed by atoms with Crippen molar-refractivity contribution in [2.45, 2.75) is 7.43 Å². The molecule has 5 heavy (non-hydrogen) atoms. The monoisotopic (exact) mass is 161 g/mol. The van der Waals surface area contributed by atoms with Crippen molar-refractivity contribution in [3.8, 4) is 0 Å². The molecular weight excluding hydrogens is 154 g/mol. The van der Waals surface area contributed by atoms with E-state index in [0.29, 0.717) is 0 Å². The first-order chi connectivity index (χ1) is 0. The molecule has 0 rings (SSSR count). The van der Waals surface area contributed by atoms with E-state index in [0.717, 1.165) is 0 Å². The molecule has 0 saturated heterocycles. The maximum Gasteiger partial charge on any atom is 0.187 e. The molecule has 3 radical (unpaired) electrons. The second-order valence-electron chi connectivity index (χ2n) is 0. The average molecular weight is 161 g/mol. The molecule has 0 spiro atoms. The van der Waals surface area contributed by atoms with Gasteiger partial charge in [-0.15, -0.1) is 0 Å². The molecular formula is CH7AlBFeTi. The van der Waals surface area contributed by atoms with Gasteiger partial charge in [-0.3, -0.25) is 0 Å². The van der Waals surface area contributed by atoms with Crippen molar-refractivity contribution >= 4 is 25.8 Å². The summed E-state index contributed by atoms with van der Waals surface area (Å²) >= 11 is 0. The van der Waals surface area contributed by atoms with Crippen LogP contribution in [0.3, 0.4) is 0 Å². The minimum Gasteiger partial charge on any atom is -0.0776 e. The Morgan fingerprint density at radius 2 is 1.00 bits per heavy atom. The molecule has 0 aromatic carbocycles. The van der Waals surface area contributed by atoms with E-state index in [1.165, 1.54) is 0 Å². The minimum atomic E-state index is 0. The van der Waals surface area contributed by atoms with Crippen LogP contribution in [0, 0.1) is 0 Å². The maximum atomic E-state index is 0. The first-order valence-electron chi connectivity index (χ1n) is 0. The molecule has 29 valence electrons. The zero-order valence-electron chi connectivity index (χ0n) is 1.43. The van der Waals surface area contributed by atoms with Crippen LogP contribution < -0.4 is 0 Å². The fraction of sp³-hybridized carbons (Fsp3) is 1.00. The zero-order chi connectivity index (χ0) is 0. The molecule has 0 bridgehead atoms. The Hall–Kier alpha value is 1.83. The van der Waals surface area contributed by atoms with Crippen molar-refractivity contribution in [3.63, 3.8) is 0 Å². The summed E-state index contributed by atoms with van der Waals surface area (Å²) in [6, 6.07) is 0. The second-order valence-corrected chi connectivity index (χ2v) is 0. The summed E-state index contributed by atoms with van der Waals surface area (Å²) in [5.41, 5.74) is 0. The predicted octanol–water partition coefficient (Wildman–Crippen LogP) is -0.934. The van der Waals surface area contributed by atoms with E-state index in [-0.39, 0.29) is 72.0 Å². The van der Waals surface area contributed by atoms with E-state index in [2.05, 4.69) is 0 Å². The first-order valence-corrected chi connectivity index (χ1v) is 0. The minimum absolute atomic E-state index is 0. The van der Waals surface area contributed by atoms with Crippen LogP contribution in [0.4, 0.5) is 0 Å². The zero-order valence-corrected chi connectivity index (χ0v) is 4.10. The van der Waals surface area contributed by atoms with E-state index in [9.17, 15) is 0 Å². The smallest absolute Gasteiger partial charge is 0.0776 e. The molecule has 0 atom stereocenters. The van der Waals surface area contributed by atoms with Crippen LogP contribution in [0.5, 0.6) is 0 Å². The molecule has 0 heterocycles. The second kappa shape index (κ2) is 40.6. The summed E-state index contributed by atoms with van der Waals surface area (Å²) in [4.78, 5) is 0. The van der Waals surface area contributed by atoms with Crippen molar-refractivity contribution in [3.05, 3.63) is 0 Å². The quantitative estimate of drug-likeness (QED) is 0.402. The van der Waals surface area contributed by atoms with Crippen molar-refractivity contribution in [2.24, 2.45) is 0 Å². The predicted molar refractivity (Wildman–Crippen MR) is 22.4 cm³/mol. The molecule has 0 aliphatic carbocycles. The van der Waals surface area contributed by atoms with Gasteiger partial charge in [0, 0.05) is 47.2 Å². The molecule has 0 amide bonds. The summed E-state index contributed by atoms with van der Waals surface area (Å²) in [6.07, 6.45) is 0. The first kappa shape index (κ1) is 69.3. The molecule has 0 aromatic rings. The van der Waals surface area contributed by atoms with Crippen molar-refractivity contribution in [2.75, 3.05) is 0 Å². The number of hydrogen-bond acceptors (Lipinski definition) is 0. The molecule has 0 N–H and O–H groups in total. The SMILES string of the molecule is C.[AlH3].[B].[Fe].[Ti]. The number of hydrogen-bond donors (Lipinski definition) is 0. The molecule has 0 fully saturated rings. The van der Waals surface area contributed by atoms with Gasteiger partial charge in [0.2, 0.25) is 0 Å². The van der Waals surface area contributed by atoms with Gasteiger partial charge in [-0.05, 0) is 0 Å². The summed E-state index contributed by atoms with van der Waals surface area (Å²) in [5.74, 6) is 0. The Balaban J connectivity index is 0. The third kappa shape index (κ3) is 25.5. The van der Waals surface area contributed by atoms with Gasteiger partial charge in [-0.2, -0.15) is 0 Å². The summed E-state index contributed by atoms with van der Waals surface area (Å²) in [6.45, 7) is 0. The molecule has 0 unspecified atom stereocenters. The molecule has 0 aliphatic rings. The standard InChI is InChI=1S/CH4.Al.B.Fe.Ti.3H/h1H4;;;;;;;. The Morgan fingerprint density at radius 1 is 1.00 bits per heavy atom.